The summed E-state index contributed by atoms with van der Waals surface area (Å²) in [6.45, 7) is 0.380. The molecule has 0 radical (unpaired) electrons. The molecule has 1 N–H and O–H groups in total. The van der Waals surface area contributed by atoms with E-state index in [1.54, 1.807) is 36.9 Å². The lowest BCUT2D eigenvalue weighted by atomic mass is 10.2. The van der Waals surface area contributed by atoms with E-state index in [1.165, 1.54) is 11.3 Å². The van der Waals surface area contributed by atoms with Crippen LogP contribution in [-0.4, -0.2) is 23.0 Å². The van der Waals surface area contributed by atoms with Gasteiger partial charge >= 0.3 is 0 Å². The number of methoxy groups -OCH3 is 1. The van der Waals surface area contributed by atoms with Gasteiger partial charge in [-0.15, -0.1) is 11.3 Å². The molecule has 0 atom stereocenters. The summed E-state index contributed by atoms with van der Waals surface area (Å²) >= 11 is 7.30. The second-order valence-electron chi connectivity index (χ2n) is 4.93. The van der Waals surface area contributed by atoms with E-state index in [-0.39, 0.29) is 5.91 Å². The van der Waals surface area contributed by atoms with Gasteiger partial charge in [-0.25, -0.2) is 9.97 Å². The van der Waals surface area contributed by atoms with Gasteiger partial charge in [-0.3, -0.25) is 4.79 Å². The highest BCUT2D eigenvalue weighted by Gasteiger charge is 2.12. The molecule has 0 aliphatic carbocycles. The molecular weight excluding hydrogens is 346 g/mol. The monoisotopic (exact) mass is 359 g/mol. The molecule has 0 fully saturated rings. The third kappa shape index (κ3) is 3.90. The Labute approximate surface area is 148 Å². The van der Waals surface area contributed by atoms with Crippen molar-refractivity contribution in [2.24, 2.45) is 0 Å². The summed E-state index contributed by atoms with van der Waals surface area (Å²) in [4.78, 5) is 20.6. The first-order valence-corrected chi connectivity index (χ1v) is 8.40. The van der Waals surface area contributed by atoms with Crippen LogP contribution >= 0.6 is 22.9 Å². The van der Waals surface area contributed by atoms with E-state index in [0.717, 1.165) is 16.1 Å². The molecule has 24 heavy (non-hydrogen) atoms. The third-order valence-electron chi connectivity index (χ3n) is 3.29. The van der Waals surface area contributed by atoms with Crippen LogP contribution in [0.2, 0.25) is 5.02 Å². The highest BCUT2D eigenvalue weighted by molar-refractivity contribution is 7.13. The van der Waals surface area contributed by atoms with E-state index >= 15 is 0 Å². The largest absolute Gasteiger partial charge is 0.481 e. The Morgan fingerprint density at radius 2 is 2.08 bits per heavy atom. The van der Waals surface area contributed by atoms with Gasteiger partial charge in [0, 0.05) is 34.8 Å². The standard InChI is InChI=1S/C17H14ClN3O2S/c1-23-15-8-11(6-7-19-15)9-20-16(22)14-10-24-17(21-14)12-2-4-13(18)5-3-12/h2-8,10H,9H2,1H3,(H,20,22). The van der Waals surface area contributed by atoms with Gasteiger partial charge in [-0.2, -0.15) is 0 Å². The minimum absolute atomic E-state index is 0.220. The average molecular weight is 360 g/mol. The Bertz CT molecular complexity index is 849. The van der Waals surface area contributed by atoms with E-state index in [1.807, 2.05) is 18.2 Å². The molecule has 0 unspecified atom stereocenters. The number of halogens is 1. The molecule has 2 aromatic heterocycles. The predicted molar refractivity (Wildman–Crippen MR) is 94.5 cm³/mol. The maximum absolute atomic E-state index is 12.2. The fourth-order valence-corrected chi connectivity index (χ4v) is 2.98. The van der Waals surface area contributed by atoms with Gasteiger partial charge in [0.15, 0.2) is 0 Å². The maximum atomic E-state index is 12.2. The molecule has 0 saturated carbocycles. The first kappa shape index (κ1) is 16.4. The predicted octanol–water partition coefficient (Wildman–Crippen LogP) is 3.80. The molecule has 0 bridgehead atoms. The van der Waals surface area contributed by atoms with Gasteiger partial charge in [-0.1, -0.05) is 23.7 Å². The van der Waals surface area contributed by atoms with E-state index in [2.05, 4.69) is 15.3 Å². The number of pyridine rings is 1. The third-order valence-corrected chi connectivity index (χ3v) is 4.43. The minimum Gasteiger partial charge on any atom is -0.481 e. The highest BCUT2D eigenvalue weighted by Crippen LogP contribution is 2.25. The Balaban J connectivity index is 1.66. The van der Waals surface area contributed by atoms with Crippen molar-refractivity contribution < 1.29 is 9.53 Å². The Morgan fingerprint density at radius 3 is 2.83 bits per heavy atom. The molecule has 0 saturated heterocycles. The summed E-state index contributed by atoms with van der Waals surface area (Å²) in [7, 11) is 1.55. The van der Waals surface area contributed by atoms with Crippen LogP contribution in [0.25, 0.3) is 10.6 Å². The van der Waals surface area contributed by atoms with Crippen molar-refractivity contribution >= 4 is 28.8 Å². The number of hydrogen-bond acceptors (Lipinski definition) is 5. The van der Waals surface area contributed by atoms with Crippen molar-refractivity contribution in [1.29, 1.82) is 0 Å². The summed E-state index contributed by atoms with van der Waals surface area (Å²) in [5.41, 5.74) is 2.23. The number of aromatic nitrogens is 2. The lowest BCUT2D eigenvalue weighted by Gasteiger charge is -2.05. The summed E-state index contributed by atoms with van der Waals surface area (Å²) in [6, 6.07) is 11.0. The quantitative estimate of drug-likeness (QED) is 0.752. The van der Waals surface area contributed by atoms with Crippen LogP contribution in [0.5, 0.6) is 5.88 Å². The zero-order valence-corrected chi connectivity index (χ0v) is 14.4. The van der Waals surface area contributed by atoms with Gasteiger partial charge in [0.25, 0.3) is 5.91 Å². The van der Waals surface area contributed by atoms with E-state index in [9.17, 15) is 4.79 Å². The smallest absolute Gasteiger partial charge is 0.271 e. The van der Waals surface area contributed by atoms with Crippen molar-refractivity contribution in [3.8, 4) is 16.5 Å². The molecule has 5 nitrogen and oxygen atoms in total. The zero-order chi connectivity index (χ0) is 16.9. The molecule has 3 rings (SSSR count). The van der Waals surface area contributed by atoms with Crippen molar-refractivity contribution in [2.75, 3.05) is 7.11 Å². The number of amides is 1. The molecule has 1 amide bonds. The molecule has 0 aliphatic rings. The van der Waals surface area contributed by atoms with Crippen molar-refractivity contribution in [2.45, 2.75) is 6.54 Å². The van der Waals surface area contributed by atoms with Crippen LogP contribution in [-0.2, 0) is 6.54 Å². The molecule has 3 aromatic rings. The van der Waals surface area contributed by atoms with Crippen LogP contribution in [0.15, 0.2) is 48.0 Å². The fourth-order valence-electron chi connectivity index (χ4n) is 2.05. The second-order valence-corrected chi connectivity index (χ2v) is 6.23. The number of rotatable bonds is 5. The number of nitrogens with zero attached hydrogens (tertiary/aromatic N) is 2. The Morgan fingerprint density at radius 1 is 1.29 bits per heavy atom. The van der Waals surface area contributed by atoms with Crippen molar-refractivity contribution in [3.63, 3.8) is 0 Å². The molecule has 0 aliphatic heterocycles. The maximum Gasteiger partial charge on any atom is 0.271 e. The number of hydrogen-bond donors (Lipinski definition) is 1. The highest BCUT2D eigenvalue weighted by atomic mass is 35.5. The van der Waals surface area contributed by atoms with E-state index in [4.69, 9.17) is 16.3 Å². The van der Waals surface area contributed by atoms with Crippen molar-refractivity contribution in [3.05, 3.63) is 64.3 Å². The minimum atomic E-state index is -0.220. The Hall–Kier alpha value is -2.44. The van der Waals surface area contributed by atoms with Crippen LogP contribution in [0.3, 0.4) is 0 Å². The number of carbonyl (C=O) groups is 1. The van der Waals surface area contributed by atoms with Gasteiger partial charge in [0.1, 0.15) is 10.7 Å². The van der Waals surface area contributed by atoms with Gasteiger partial charge in [-0.05, 0) is 23.8 Å². The molecule has 122 valence electrons. The van der Waals surface area contributed by atoms with Gasteiger partial charge < -0.3 is 10.1 Å². The molecule has 2 heterocycles. The topological polar surface area (TPSA) is 64.1 Å². The van der Waals surface area contributed by atoms with Gasteiger partial charge in [0.05, 0.1) is 7.11 Å². The molecule has 7 heteroatoms. The lowest BCUT2D eigenvalue weighted by molar-refractivity contribution is 0.0946. The van der Waals surface area contributed by atoms with E-state index in [0.29, 0.717) is 23.1 Å². The molecule has 1 aromatic carbocycles. The number of nitrogens with one attached hydrogen (secondary N) is 1. The van der Waals surface area contributed by atoms with Crippen LogP contribution in [0.4, 0.5) is 0 Å². The second kappa shape index (κ2) is 7.42. The number of thiazole rings is 1. The van der Waals surface area contributed by atoms with Gasteiger partial charge in [0.2, 0.25) is 5.88 Å². The van der Waals surface area contributed by atoms with Crippen LogP contribution in [0.1, 0.15) is 16.1 Å². The SMILES string of the molecule is COc1cc(CNC(=O)c2csc(-c3ccc(Cl)cc3)n2)ccn1. The zero-order valence-electron chi connectivity index (χ0n) is 12.8. The lowest BCUT2D eigenvalue weighted by Crippen LogP contribution is -2.23. The average Bonchev–Trinajstić information content (AvgIpc) is 3.10. The Kier molecular flexibility index (Phi) is 5.08. The van der Waals surface area contributed by atoms with E-state index < -0.39 is 0 Å². The summed E-state index contributed by atoms with van der Waals surface area (Å²) in [5.74, 6) is 0.294. The van der Waals surface area contributed by atoms with Crippen LogP contribution < -0.4 is 10.1 Å². The number of ether oxygens (including phenoxy) is 1. The summed E-state index contributed by atoms with van der Waals surface area (Å²) < 4.78 is 5.06. The summed E-state index contributed by atoms with van der Waals surface area (Å²) in [6.07, 6.45) is 1.64. The normalized spacial score (nSPS) is 10.4. The van der Waals surface area contributed by atoms with Crippen LogP contribution in [0, 0.1) is 0 Å². The number of benzene rings is 1. The molecule has 0 spiro atoms. The van der Waals surface area contributed by atoms with Crippen molar-refractivity contribution in [1.82, 2.24) is 15.3 Å². The summed E-state index contributed by atoms with van der Waals surface area (Å²) in [5, 5.41) is 6.03. The first-order valence-electron chi connectivity index (χ1n) is 7.14. The first-order chi connectivity index (χ1) is 11.7. The fraction of sp³-hybridized carbons (Fsp3) is 0.118. The molecular formula is C17H14ClN3O2S. The number of carbonyl (C=O) groups excluding carboxylic acids is 1.